The molecule has 3 aromatic rings. The van der Waals surface area contributed by atoms with Gasteiger partial charge in [0.15, 0.2) is 11.6 Å². The summed E-state index contributed by atoms with van der Waals surface area (Å²) in [6.07, 6.45) is 1.59. The van der Waals surface area contributed by atoms with Crippen molar-refractivity contribution >= 4 is 45.6 Å². The molecule has 2 N–H and O–H groups in total. The molecule has 0 spiro atoms. The van der Waals surface area contributed by atoms with Crippen molar-refractivity contribution in [1.29, 1.82) is 0 Å². The highest BCUT2D eigenvalue weighted by atomic mass is 35.5. The Morgan fingerprint density at radius 3 is 3.04 bits per heavy atom. The molecule has 24 heavy (non-hydrogen) atoms. The van der Waals surface area contributed by atoms with Crippen LogP contribution in [0.3, 0.4) is 0 Å². The van der Waals surface area contributed by atoms with E-state index in [0.717, 1.165) is 28.2 Å². The number of hydrogen-bond acceptors (Lipinski definition) is 7. The van der Waals surface area contributed by atoms with E-state index in [2.05, 4.69) is 19.7 Å². The quantitative estimate of drug-likeness (QED) is 0.697. The molecular formula is C15H12ClN5O2S. The number of anilines is 1. The number of nitrogens with zero attached hydrogens (tertiary/aromatic N) is 4. The third-order valence-electron chi connectivity index (χ3n) is 4.02. The fraction of sp³-hybridized carbons (Fsp3) is 0.200. The predicted molar refractivity (Wildman–Crippen MR) is 91.5 cm³/mol. The number of amides is 1. The van der Waals surface area contributed by atoms with Crippen LogP contribution in [0.4, 0.5) is 5.69 Å². The molecule has 1 aromatic carbocycles. The van der Waals surface area contributed by atoms with Crippen molar-refractivity contribution in [3.63, 3.8) is 0 Å². The molecule has 0 radical (unpaired) electrons. The lowest BCUT2D eigenvalue weighted by atomic mass is 10.0. The third-order valence-corrected chi connectivity index (χ3v) is 4.85. The number of hydrogen-bond donors (Lipinski definition) is 2. The molecule has 9 heteroatoms. The van der Waals surface area contributed by atoms with Gasteiger partial charge in [-0.3, -0.25) is 9.78 Å². The first-order valence-electron chi connectivity index (χ1n) is 7.17. The summed E-state index contributed by atoms with van der Waals surface area (Å²) in [5.74, 6) is 0.133. The molecule has 1 aliphatic rings. The Morgan fingerprint density at radius 1 is 1.50 bits per heavy atom. The van der Waals surface area contributed by atoms with Crippen LogP contribution in [0, 0.1) is 0 Å². The van der Waals surface area contributed by atoms with Gasteiger partial charge in [-0.05, 0) is 35.3 Å². The van der Waals surface area contributed by atoms with Crippen molar-refractivity contribution in [2.24, 2.45) is 0 Å². The summed E-state index contributed by atoms with van der Waals surface area (Å²) in [7, 11) is 1.79. The van der Waals surface area contributed by atoms with Gasteiger partial charge in [0.2, 0.25) is 4.47 Å². The van der Waals surface area contributed by atoms with Crippen LogP contribution in [0.5, 0.6) is 5.75 Å². The van der Waals surface area contributed by atoms with Crippen LogP contribution in [-0.4, -0.2) is 37.3 Å². The molecule has 0 fully saturated rings. The van der Waals surface area contributed by atoms with Crippen molar-refractivity contribution in [1.82, 2.24) is 19.2 Å². The maximum Gasteiger partial charge on any atom is 0.258 e. The van der Waals surface area contributed by atoms with Crippen molar-refractivity contribution in [2.45, 2.75) is 13.1 Å². The number of phenolic OH excluding ortho intramolecular Hbond substituents is 1. The largest absolute Gasteiger partial charge is 0.505 e. The number of rotatable bonds is 3. The molecule has 3 heterocycles. The molecule has 0 saturated heterocycles. The summed E-state index contributed by atoms with van der Waals surface area (Å²) in [6, 6.07) is 3.66. The number of pyridine rings is 1. The van der Waals surface area contributed by atoms with E-state index in [0.29, 0.717) is 22.4 Å². The molecule has 0 bridgehead atoms. The maximum atomic E-state index is 12.8. The zero-order valence-corrected chi connectivity index (χ0v) is 14.1. The lowest BCUT2D eigenvalue weighted by molar-refractivity contribution is 0.0761. The normalized spacial score (nSPS) is 13.6. The Balaban J connectivity index is 1.82. The number of aromatic hydroxyl groups is 1. The molecule has 2 aromatic heterocycles. The molecule has 0 aliphatic carbocycles. The summed E-state index contributed by atoms with van der Waals surface area (Å²) in [5.41, 5.74) is 2.24. The minimum Gasteiger partial charge on any atom is -0.505 e. The highest BCUT2D eigenvalue weighted by molar-refractivity contribution is 7.10. The number of nitrogens with one attached hydrogen (secondary N) is 1. The Kier molecular flexibility index (Phi) is 3.50. The molecule has 4 rings (SSSR count). The second kappa shape index (κ2) is 5.57. The minimum absolute atomic E-state index is 0.0867. The SMILES string of the molecule is CNc1c2c(c(O)c3ncccc13)C(=O)N(Cc1nsc(Cl)n1)C2. The number of aromatic nitrogens is 3. The zero-order valence-electron chi connectivity index (χ0n) is 12.6. The van der Waals surface area contributed by atoms with Crippen LogP contribution in [-0.2, 0) is 13.1 Å². The molecule has 122 valence electrons. The Labute approximate surface area is 146 Å². The molecular weight excluding hydrogens is 350 g/mol. The van der Waals surface area contributed by atoms with Gasteiger partial charge < -0.3 is 15.3 Å². The van der Waals surface area contributed by atoms with Gasteiger partial charge in [-0.15, -0.1) is 0 Å². The molecule has 1 aliphatic heterocycles. The lowest BCUT2D eigenvalue weighted by Crippen LogP contribution is -2.23. The first-order chi connectivity index (χ1) is 11.6. The van der Waals surface area contributed by atoms with Gasteiger partial charge in [0.1, 0.15) is 5.52 Å². The summed E-state index contributed by atoms with van der Waals surface area (Å²) in [4.78, 5) is 22.6. The number of fused-ring (bicyclic) bond motifs is 2. The van der Waals surface area contributed by atoms with Crippen LogP contribution in [0.15, 0.2) is 18.3 Å². The molecule has 7 nitrogen and oxygen atoms in total. The van der Waals surface area contributed by atoms with Crippen LogP contribution in [0.1, 0.15) is 21.7 Å². The van der Waals surface area contributed by atoms with Crippen LogP contribution in [0.25, 0.3) is 10.9 Å². The van der Waals surface area contributed by atoms with Crippen molar-refractivity contribution in [3.8, 4) is 5.75 Å². The summed E-state index contributed by atoms with van der Waals surface area (Å²) in [5, 5.41) is 14.5. The number of phenols is 1. The van der Waals surface area contributed by atoms with Crippen LogP contribution in [0.2, 0.25) is 4.47 Å². The van der Waals surface area contributed by atoms with E-state index in [9.17, 15) is 9.90 Å². The van der Waals surface area contributed by atoms with Gasteiger partial charge in [-0.2, -0.15) is 4.37 Å². The maximum absolute atomic E-state index is 12.8. The topological polar surface area (TPSA) is 91.2 Å². The fourth-order valence-electron chi connectivity index (χ4n) is 3.03. The second-order valence-electron chi connectivity index (χ2n) is 5.35. The Bertz CT molecular complexity index is 974. The number of halogens is 1. The van der Waals surface area contributed by atoms with E-state index in [4.69, 9.17) is 11.6 Å². The third kappa shape index (κ3) is 2.18. The van der Waals surface area contributed by atoms with Crippen LogP contribution < -0.4 is 5.32 Å². The standard InChI is InChI=1S/C15H12ClN5O2S/c1-17-11-7-3-2-4-18-12(7)13(22)10-8(11)5-21(14(10)23)6-9-19-15(16)24-20-9/h2-4,17,22H,5-6H2,1H3. The highest BCUT2D eigenvalue weighted by Crippen LogP contribution is 2.42. The minimum atomic E-state index is -0.266. The Hall–Kier alpha value is -2.45. The van der Waals surface area contributed by atoms with Crippen molar-refractivity contribution < 1.29 is 9.90 Å². The first kappa shape index (κ1) is 15.1. The predicted octanol–water partition coefficient (Wildman–Crippen LogP) is 2.64. The number of carbonyl (C=O) groups is 1. The summed E-state index contributed by atoms with van der Waals surface area (Å²) < 4.78 is 4.45. The van der Waals surface area contributed by atoms with Gasteiger partial charge >= 0.3 is 0 Å². The average Bonchev–Trinajstić information content (AvgIpc) is 3.13. The van der Waals surface area contributed by atoms with E-state index in [-0.39, 0.29) is 23.8 Å². The molecule has 0 saturated carbocycles. The van der Waals surface area contributed by atoms with Gasteiger partial charge in [0.05, 0.1) is 12.1 Å². The van der Waals surface area contributed by atoms with Crippen molar-refractivity contribution in [3.05, 3.63) is 39.7 Å². The smallest absolute Gasteiger partial charge is 0.258 e. The van der Waals surface area contributed by atoms with E-state index in [1.165, 1.54) is 0 Å². The molecule has 0 atom stereocenters. The lowest BCUT2D eigenvalue weighted by Gasteiger charge is -2.13. The van der Waals surface area contributed by atoms with Gasteiger partial charge in [0, 0.05) is 36.4 Å². The molecule has 1 amide bonds. The van der Waals surface area contributed by atoms with E-state index in [1.54, 1.807) is 24.2 Å². The average molecular weight is 362 g/mol. The highest BCUT2D eigenvalue weighted by Gasteiger charge is 2.35. The van der Waals surface area contributed by atoms with Gasteiger partial charge in [0.25, 0.3) is 5.91 Å². The van der Waals surface area contributed by atoms with Crippen molar-refractivity contribution in [2.75, 3.05) is 12.4 Å². The fourth-order valence-corrected chi connectivity index (χ4v) is 3.66. The Morgan fingerprint density at radius 2 is 2.33 bits per heavy atom. The molecule has 0 unspecified atom stereocenters. The second-order valence-corrected chi connectivity index (χ2v) is 6.69. The monoisotopic (exact) mass is 361 g/mol. The van der Waals surface area contributed by atoms with E-state index < -0.39 is 0 Å². The van der Waals surface area contributed by atoms with E-state index in [1.807, 2.05) is 6.07 Å². The van der Waals surface area contributed by atoms with Gasteiger partial charge in [-0.25, -0.2) is 4.98 Å². The zero-order chi connectivity index (χ0) is 16.8. The first-order valence-corrected chi connectivity index (χ1v) is 8.33. The van der Waals surface area contributed by atoms with E-state index >= 15 is 0 Å². The van der Waals surface area contributed by atoms with Crippen LogP contribution >= 0.6 is 23.1 Å². The number of carbonyl (C=O) groups excluding carboxylic acids is 1. The summed E-state index contributed by atoms with van der Waals surface area (Å²) in [6.45, 7) is 0.600. The van der Waals surface area contributed by atoms with Gasteiger partial charge in [-0.1, -0.05) is 0 Å². The summed E-state index contributed by atoms with van der Waals surface area (Å²) >= 11 is 6.88. The number of benzene rings is 1.